The molecule has 1 heterocycles. The Labute approximate surface area is 94.7 Å². The van der Waals surface area contributed by atoms with Crippen LogP contribution in [-0.2, 0) is 13.5 Å². The second-order valence-electron chi connectivity index (χ2n) is 4.70. The summed E-state index contributed by atoms with van der Waals surface area (Å²) in [5.41, 5.74) is 2.16. The first-order chi connectivity index (χ1) is 7.75. The summed E-state index contributed by atoms with van der Waals surface area (Å²) in [7, 11) is 1.95. The Bertz CT molecular complexity index is 514. The molecular formula is C13H16N2O. The van der Waals surface area contributed by atoms with E-state index < -0.39 is 0 Å². The highest BCUT2D eigenvalue weighted by Crippen LogP contribution is 2.34. The van der Waals surface area contributed by atoms with Gasteiger partial charge in [0.25, 0.3) is 0 Å². The van der Waals surface area contributed by atoms with Crippen molar-refractivity contribution in [3.05, 3.63) is 30.0 Å². The van der Waals surface area contributed by atoms with Gasteiger partial charge in [0.2, 0.25) is 0 Å². The summed E-state index contributed by atoms with van der Waals surface area (Å²) in [5.74, 6) is 0.515. The number of hydrogen-bond acceptors (Lipinski definition) is 2. The highest BCUT2D eigenvalue weighted by Gasteiger charge is 2.30. The predicted molar refractivity (Wildman–Crippen MR) is 63.1 cm³/mol. The van der Waals surface area contributed by atoms with Crippen LogP contribution in [0.4, 0.5) is 0 Å². The monoisotopic (exact) mass is 216 g/mol. The van der Waals surface area contributed by atoms with Crippen molar-refractivity contribution >= 4 is 10.9 Å². The largest absolute Gasteiger partial charge is 0.392 e. The number of fused-ring (bicyclic) bond motifs is 1. The molecule has 1 saturated carbocycles. The molecule has 0 bridgehead atoms. The standard InChI is InChI=1S/C13H16N2O/c1-15-12-5-3-2-4-10(12)11(14-15)8-13(16)9-6-7-9/h2-5,9,13,16H,6-8H2,1H3. The highest BCUT2D eigenvalue weighted by atomic mass is 16.3. The third-order valence-electron chi connectivity index (χ3n) is 3.40. The van der Waals surface area contributed by atoms with E-state index in [1.165, 1.54) is 18.2 Å². The van der Waals surface area contributed by atoms with Gasteiger partial charge >= 0.3 is 0 Å². The second-order valence-corrected chi connectivity index (χ2v) is 4.70. The lowest BCUT2D eigenvalue weighted by atomic mass is 10.1. The fourth-order valence-corrected chi connectivity index (χ4v) is 2.29. The van der Waals surface area contributed by atoms with E-state index in [2.05, 4.69) is 17.2 Å². The van der Waals surface area contributed by atoms with Gasteiger partial charge in [-0.2, -0.15) is 5.10 Å². The van der Waals surface area contributed by atoms with E-state index in [0.29, 0.717) is 12.3 Å². The van der Waals surface area contributed by atoms with Gasteiger partial charge < -0.3 is 5.11 Å². The third-order valence-corrected chi connectivity index (χ3v) is 3.40. The van der Waals surface area contributed by atoms with Crippen LogP contribution in [0.5, 0.6) is 0 Å². The zero-order valence-electron chi connectivity index (χ0n) is 9.43. The van der Waals surface area contributed by atoms with Gasteiger partial charge in [0.05, 0.1) is 17.3 Å². The van der Waals surface area contributed by atoms with Crippen molar-refractivity contribution in [2.75, 3.05) is 0 Å². The molecule has 0 radical (unpaired) electrons. The van der Waals surface area contributed by atoms with Crippen molar-refractivity contribution in [3.63, 3.8) is 0 Å². The van der Waals surface area contributed by atoms with Crippen LogP contribution in [0.1, 0.15) is 18.5 Å². The first kappa shape index (κ1) is 9.85. The second kappa shape index (κ2) is 3.59. The Morgan fingerprint density at radius 3 is 2.94 bits per heavy atom. The van der Waals surface area contributed by atoms with Gasteiger partial charge in [0, 0.05) is 18.9 Å². The van der Waals surface area contributed by atoms with Crippen LogP contribution in [0, 0.1) is 5.92 Å². The minimum absolute atomic E-state index is 0.210. The highest BCUT2D eigenvalue weighted by molar-refractivity contribution is 5.81. The fraction of sp³-hybridized carbons (Fsp3) is 0.462. The van der Waals surface area contributed by atoms with E-state index in [0.717, 1.165) is 11.2 Å². The molecule has 1 unspecified atom stereocenters. The number of hydrogen-bond donors (Lipinski definition) is 1. The Balaban J connectivity index is 1.96. The molecule has 0 amide bonds. The zero-order chi connectivity index (χ0) is 11.1. The van der Waals surface area contributed by atoms with E-state index in [1.54, 1.807) is 0 Å². The molecule has 1 N–H and O–H groups in total. The summed E-state index contributed by atoms with van der Waals surface area (Å²) in [6, 6.07) is 8.19. The average molecular weight is 216 g/mol. The van der Waals surface area contributed by atoms with Crippen molar-refractivity contribution in [1.29, 1.82) is 0 Å². The van der Waals surface area contributed by atoms with Crippen molar-refractivity contribution < 1.29 is 5.11 Å². The molecule has 1 aliphatic rings. The molecule has 1 aromatic carbocycles. The van der Waals surface area contributed by atoms with Crippen LogP contribution in [0.25, 0.3) is 10.9 Å². The van der Waals surface area contributed by atoms with Gasteiger partial charge in [-0.25, -0.2) is 0 Å². The molecule has 0 aliphatic heterocycles. The topological polar surface area (TPSA) is 38.0 Å². The number of rotatable bonds is 3. The van der Waals surface area contributed by atoms with Gasteiger partial charge in [-0.3, -0.25) is 4.68 Å². The fourth-order valence-electron chi connectivity index (χ4n) is 2.29. The molecule has 1 aromatic heterocycles. The zero-order valence-corrected chi connectivity index (χ0v) is 9.43. The Morgan fingerprint density at radius 1 is 1.44 bits per heavy atom. The molecular weight excluding hydrogens is 200 g/mol. The summed E-state index contributed by atoms with van der Waals surface area (Å²) in [5, 5.41) is 15.6. The molecule has 16 heavy (non-hydrogen) atoms. The van der Waals surface area contributed by atoms with Gasteiger partial charge in [-0.05, 0) is 24.8 Å². The van der Waals surface area contributed by atoms with Gasteiger partial charge in [0.1, 0.15) is 0 Å². The van der Waals surface area contributed by atoms with E-state index in [9.17, 15) is 5.11 Å². The molecule has 3 nitrogen and oxygen atoms in total. The summed E-state index contributed by atoms with van der Waals surface area (Å²) in [6.45, 7) is 0. The van der Waals surface area contributed by atoms with Crippen molar-refractivity contribution in [2.24, 2.45) is 13.0 Å². The number of aromatic nitrogens is 2. The minimum atomic E-state index is -0.210. The normalized spacial score (nSPS) is 17.9. The Morgan fingerprint density at radius 2 is 2.19 bits per heavy atom. The lowest BCUT2D eigenvalue weighted by molar-refractivity contribution is 0.150. The van der Waals surface area contributed by atoms with Crippen LogP contribution in [0.2, 0.25) is 0 Å². The van der Waals surface area contributed by atoms with Gasteiger partial charge in [0.15, 0.2) is 0 Å². The molecule has 3 heteroatoms. The molecule has 84 valence electrons. The summed E-state index contributed by atoms with van der Waals surface area (Å²) < 4.78 is 1.89. The molecule has 1 aliphatic carbocycles. The number of aliphatic hydroxyl groups is 1. The van der Waals surface area contributed by atoms with Crippen molar-refractivity contribution in [3.8, 4) is 0 Å². The molecule has 0 saturated heterocycles. The van der Waals surface area contributed by atoms with Crippen LogP contribution < -0.4 is 0 Å². The van der Waals surface area contributed by atoms with Crippen LogP contribution in [-0.4, -0.2) is 21.0 Å². The predicted octanol–water partition coefficient (Wildman–Crippen LogP) is 1.89. The summed E-state index contributed by atoms with van der Waals surface area (Å²) >= 11 is 0. The number of para-hydroxylation sites is 1. The van der Waals surface area contributed by atoms with E-state index in [1.807, 2.05) is 23.9 Å². The van der Waals surface area contributed by atoms with E-state index in [4.69, 9.17) is 0 Å². The maximum Gasteiger partial charge on any atom is 0.0729 e. The SMILES string of the molecule is Cn1nc(CC(O)C2CC2)c2ccccc21. The Kier molecular flexibility index (Phi) is 2.21. The summed E-state index contributed by atoms with van der Waals surface area (Å²) in [6.07, 6.45) is 2.82. The van der Waals surface area contributed by atoms with E-state index in [-0.39, 0.29) is 6.10 Å². The lowest BCUT2D eigenvalue weighted by Gasteiger charge is -2.06. The number of nitrogens with zero attached hydrogens (tertiary/aromatic N) is 2. The smallest absolute Gasteiger partial charge is 0.0729 e. The Hall–Kier alpha value is -1.35. The average Bonchev–Trinajstić information content (AvgIpc) is 3.08. The quantitative estimate of drug-likeness (QED) is 0.850. The molecule has 1 fully saturated rings. The van der Waals surface area contributed by atoms with Crippen molar-refractivity contribution in [2.45, 2.75) is 25.4 Å². The third kappa shape index (κ3) is 1.61. The first-order valence-corrected chi connectivity index (χ1v) is 5.84. The minimum Gasteiger partial charge on any atom is -0.392 e. The van der Waals surface area contributed by atoms with Crippen molar-refractivity contribution in [1.82, 2.24) is 9.78 Å². The van der Waals surface area contributed by atoms with Crippen LogP contribution >= 0.6 is 0 Å². The van der Waals surface area contributed by atoms with Gasteiger partial charge in [-0.15, -0.1) is 0 Å². The van der Waals surface area contributed by atoms with E-state index >= 15 is 0 Å². The lowest BCUT2D eigenvalue weighted by Crippen LogP contribution is -2.13. The molecule has 1 atom stereocenters. The number of aliphatic hydroxyl groups excluding tert-OH is 1. The van der Waals surface area contributed by atoms with Crippen LogP contribution in [0.15, 0.2) is 24.3 Å². The molecule has 0 spiro atoms. The molecule has 3 rings (SSSR count). The maximum absolute atomic E-state index is 9.96. The molecule has 2 aromatic rings. The summed E-state index contributed by atoms with van der Waals surface area (Å²) in [4.78, 5) is 0. The first-order valence-electron chi connectivity index (χ1n) is 5.84. The maximum atomic E-state index is 9.96. The number of benzene rings is 1. The van der Waals surface area contributed by atoms with Gasteiger partial charge in [-0.1, -0.05) is 18.2 Å². The van der Waals surface area contributed by atoms with Crippen LogP contribution in [0.3, 0.4) is 0 Å². The number of aryl methyl sites for hydroxylation is 1.